The Morgan fingerprint density at radius 2 is 1.65 bits per heavy atom. The fourth-order valence-corrected chi connectivity index (χ4v) is 5.31. The number of aromatic nitrogens is 1. The van der Waals surface area contributed by atoms with E-state index in [1.807, 2.05) is 54.0 Å². The minimum atomic E-state index is -3.97. The van der Waals surface area contributed by atoms with Gasteiger partial charge in [0.15, 0.2) is 5.69 Å². The second kappa shape index (κ2) is 9.74. The Bertz CT molecular complexity index is 1810. The molecule has 0 aliphatic carbocycles. The summed E-state index contributed by atoms with van der Waals surface area (Å²) in [6.45, 7) is 2.40. The number of hydrogen-bond donors (Lipinski definition) is 3. The van der Waals surface area contributed by atoms with Crippen LogP contribution in [0.2, 0.25) is 0 Å². The third-order valence-corrected chi connectivity index (χ3v) is 7.27. The fourth-order valence-electron chi connectivity index (χ4n) is 4.47. The molecule has 1 heterocycles. The van der Waals surface area contributed by atoms with E-state index in [1.165, 1.54) is 12.1 Å². The molecule has 1 aromatic heterocycles. The lowest BCUT2D eigenvalue weighted by Crippen LogP contribution is -2.16. The molecule has 5 rings (SSSR count). The number of fused-ring (bicyclic) bond motifs is 2. The second-order valence-corrected chi connectivity index (χ2v) is 10.5. The van der Waals surface area contributed by atoms with Crippen molar-refractivity contribution in [2.75, 3.05) is 5.32 Å². The van der Waals surface area contributed by atoms with Gasteiger partial charge in [0.1, 0.15) is 4.90 Å². The Morgan fingerprint density at radius 1 is 0.973 bits per heavy atom. The van der Waals surface area contributed by atoms with Crippen molar-refractivity contribution >= 4 is 60.4 Å². The molecule has 8 nitrogen and oxygen atoms in total. The van der Waals surface area contributed by atoms with Crippen LogP contribution >= 0.6 is 12.2 Å². The number of anilines is 1. The van der Waals surface area contributed by atoms with E-state index in [2.05, 4.69) is 33.7 Å². The van der Waals surface area contributed by atoms with E-state index in [1.54, 1.807) is 12.1 Å². The number of sulfonamides is 1. The molecule has 0 aliphatic rings. The minimum Gasteiger partial charge on any atom is -0.493 e. The van der Waals surface area contributed by atoms with E-state index >= 15 is 0 Å². The molecule has 37 heavy (non-hydrogen) atoms. The van der Waals surface area contributed by atoms with Gasteiger partial charge >= 0.3 is 0 Å². The largest absolute Gasteiger partial charge is 0.493 e. The first-order valence-corrected chi connectivity index (χ1v) is 13.3. The zero-order valence-corrected chi connectivity index (χ0v) is 21.4. The van der Waals surface area contributed by atoms with Gasteiger partial charge in [-0.05, 0) is 53.2 Å². The van der Waals surface area contributed by atoms with Gasteiger partial charge in [-0.15, -0.1) is 10.2 Å². The third kappa shape index (κ3) is 4.82. The fraction of sp³-hybridized carbons (Fsp3) is 0.0741. The smallest absolute Gasteiger partial charge is 0.240 e. The van der Waals surface area contributed by atoms with Crippen LogP contribution in [-0.2, 0) is 16.6 Å². The average Bonchev–Trinajstić information content (AvgIpc) is 3.14. The summed E-state index contributed by atoms with van der Waals surface area (Å²) in [5.74, 6) is -0.0475. The molecule has 0 saturated carbocycles. The molecule has 0 fully saturated rings. The summed E-state index contributed by atoms with van der Waals surface area (Å²) in [7, 11) is -3.97. The monoisotopic (exact) mass is 529 g/mol. The molecule has 0 aliphatic heterocycles. The molecule has 10 heteroatoms. The maximum atomic E-state index is 11.9. The molecule has 5 aromatic rings. The number of rotatable bonds is 5. The van der Waals surface area contributed by atoms with Gasteiger partial charge < -0.3 is 15.0 Å². The van der Waals surface area contributed by atoms with Crippen LogP contribution in [0.5, 0.6) is 5.88 Å². The molecule has 4 N–H and O–H groups in total. The van der Waals surface area contributed by atoms with Crippen LogP contribution in [-0.4, -0.2) is 23.2 Å². The van der Waals surface area contributed by atoms with Crippen molar-refractivity contribution in [1.82, 2.24) is 4.57 Å². The van der Waals surface area contributed by atoms with Gasteiger partial charge in [-0.3, -0.25) is 0 Å². The highest BCUT2D eigenvalue weighted by molar-refractivity contribution is 7.89. The number of nitrogens with two attached hydrogens (primary N) is 1. The Kier molecular flexibility index (Phi) is 6.46. The molecular weight excluding hydrogens is 506 g/mol. The summed E-state index contributed by atoms with van der Waals surface area (Å²) in [6, 6.07) is 26.0. The first kappa shape index (κ1) is 24.6. The van der Waals surface area contributed by atoms with Crippen molar-refractivity contribution in [3.05, 3.63) is 96.1 Å². The van der Waals surface area contributed by atoms with Gasteiger partial charge in [0.2, 0.25) is 21.0 Å². The number of nitrogens with one attached hydrogen (secondary N) is 1. The molecule has 0 bridgehead atoms. The standard InChI is InChI=1S/C27H23N5O3S2/c1-17-8-6-13-21-24(30-31-27(36)29-22-14-4-5-15-23(22)37(28,34)35)26(33)32(25(17)21)16-19-11-7-10-18-9-2-3-12-20(18)19/h2-15,33H,16H2,1H3,(H,29,36)(H2,28,34,35). The highest BCUT2D eigenvalue weighted by Gasteiger charge is 2.19. The quantitative estimate of drug-likeness (QED) is 0.191. The lowest BCUT2D eigenvalue weighted by Gasteiger charge is -2.11. The Morgan fingerprint density at radius 3 is 2.46 bits per heavy atom. The van der Waals surface area contributed by atoms with Gasteiger partial charge in [-0.1, -0.05) is 72.8 Å². The maximum absolute atomic E-state index is 11.9. The molecule has 4 aromatic carbocycles. The molecule has 0 unspecified atom stereocenters. The topological polar surface area (TPSA) is 122 Å². The first-order chi connectivity index (χ1) is 17.7. The van der Waals surface area contributed by atoms with Crippen LogP contribution in [0.25, 0.3) is 21.7 Å². The normalized spacial score (nSPS) is 11.9. The van der Waals surface area contributed by atoms with E-state index in [4.69, 9.17) is 17.4 Å². The number of thiocarbonyl (C=S) groups is 1. The number of nitrogens with zero attached hydrogens (tertiary/aromatic N) is 3. The number of aryl methyl sites for hydroxylation is 1. The highest BCUT2D eigenvalue weighted by Crippen LogP contribution is 2.41. The Labute approximate surface area is 219 Å². The van der Waals surface area contributed by atoms with Gasteiger partial charge in [0, 0.05) is 5.39 Å². The number of hydrogen-bond acceptors (Lipinski definition) is 5. The van der Waals surface area contributed by atoms with E-state index in [9.17, 15) is 13.5 Å². The second-order valence-electron chi connectivity index (χ2n) is 8.54. The zero-order valence-electron chi connectivity index (χ0n) is 19.8. The molecular formula is C27H23N5O3S2. The van der Waals surface area contributed by atoms with Crippen LogP contribution in [0.1, 0.15) is 11.1 Å². The van der Waals surface area contributed by atoms with Crippen molar-refractivity contribution in [2.45, 2.75) is 18.4 Å². The predicted molar refractivity (Wildman–Crippen MR) is 150 cm³/mol. The summed E-state index contributed by atoms with van der Waals surface area (Å²) in [5, 5.41) is 30.5. The van der Waals surface area contributed by atoms with Crippen LogP contribution in [0, 0.1) is 6.92 Å². The summed E-state index contributed by atoms with van der Waals surface area (Å²) < 4.78 is 25.6. The van der Waals surface area contributed by atoms with E-state index in [0.29, 0.717) is 11.9 Å². The molecule has 0 spiro atoms. The average molecular weight is 530 g/mol. The number of azo groups is 1. The number of primary sulfonamides is 1. The summed E-state index contributed by atoms with van der Waals surface area (Å²) >= 11 is 5.28. The number of benzene rings is 4. The van der Waals surface area contributed by atoms with Crippen LogP contribution < -0.4 is 10.5 Å². The van der Waals surface area contributed by atoms with Gasteiger partial charge in [-0.25, -0.2) is 13.6 Å². The van der Waals surface area contributed by atoms with E-state index < -0.39 is 10.0 Å². The summed E-state index contributed by atoms with van der Waals surface area (Å²) in [6.07, 6.45) is 0. The van der Waals surface area contributed by atoms with Crippen molar-refractivity contribution < 1.29 is 13.5 Å². The maximum Gasteiger partial charge on any atom is 0.240 e. The van der Waals surface area contributed by atoms with Crippen molar-refractivity contribution in [3.63, 3.8) is 0 Å². The van der Waals surface area contributed by atoms with Crippen molar-refractivity contribution in [3.8, 4) is 5.88 Å². The third-order valence-electron chi connectivity index (χ3n) is 6.11. The number of para-hydroxylation sites is 2. The summed E-state index contributed by atoms with van der Waals surface area (Å²) in [4.78, 5) is -0.113. The minimum absolute atomic E-state index is 0.0475. The number of aromatic hydroxyl groups is 1. The molecule has 0 atom stereocenters. The van der Waals surface area contributed by atoms with Crippen LogP contribution in [0.3, 0.4) is 0 Å². The molecule has 0 radical (unpaired) electrons. The highest BCUT2D eigenvalue weighted by atomic mass is 32.2. The first-order valence-electron chi connectivity index (χ1n) is 11.4. The Balaban J connectivity index is 1.53. The van der Waals surface area contributed by atoms with Crippen LogP contribution in [0.4, 0.5) is 11.4 Å². The molecule has 186 valence electrons. The van der Waals surface area contributed by atoms with Crippen LogP contribution in [0.15, 0.2) is 100 Å². The zero-order chi connectivity index (χ0) is 26.2. The van der Waals surface area contributed by atoms with Gasteiger partial charge in [0.25, 0.3) is 0 Å². The van der Waals surface area contributed by atoms with Gasteiger partial charge in [0.05, 0.1) is 17.7 Å². The predicted octanol–water partition coefficient (Wildman–Crippen LogP) is 5.98. The van der Waals surface area contributed by atoms with Crippen molar-refractivity contribution in [2.24, 2.45) is 15.4 Å². The molecule has 0 amide bonds. The molecule has 0 saturated heterocycles. The lowest BCUT2D eigenvalue weighted by atomic mass is 10.0. The summed E-state index contributed by atoms with van der Waals surface area (Å²) in [5.41, 5.74) is 3.31. The van der Waals surface area contributed by atoms with E-state index in [-0.39, 0.29) is 27.3 Å². The SMILES string of the molecule is Cc1cccc2c(N=NC(=S)Nc3ccccc3S(N)(=O)=O)c(O)n(Cc3cccc4ccccc34)c12. The van der Waals surface area contributed by atoms with Gasteiger partial charge in [-0.2, -0.15) is 0 Å². The Hall–Kier alpha value is -4.12. The lowest BCUT2D eigenvalue weighted by molar-refractivity contribution is 0.430. The van der Waals surface area contributed by atoms with E-state index in [0.717, 1.165) is 27.4 Å². The van der Waals surface area contributed by atoms with Crippen molar-refractivity contribution in [1.29, 1.82) is 0 Å².